The van der Waals surface area contributed by atoms with Gasteiger partial charge in [-0.3, -0.25) is 4.79 Å². The van der Waals surface area contributed by atoms with E-state index in [1.807, 2.05) is 18.2 Å². The Kier molecular flexibility index (Phi) is 4.88. The van der Waals surface area contributed by atoms with E-state index >= 15 is 0 Å². The summed E-state index contributed by atoms with van der Waals surface area (Å²) in [6.07, 6.45) is 2.82. The first-order chi connectivity index (χ1) is 13.6. The van der Waals surface area contributed by atoms with E-state index < -0.39 is 12.0 Å². The molecule has 3 heterocycles. The van der Waals surface area contributed by atoms with Crippen LogP contribution in [0.4, 0.5) is 5.82 Å². The zero-order valence-corrected chi connectivity index (χ0v) is 15.1. The average molecular weight is 380 g/mol. The molecule has 9 heteroatoms. The highest BCUT2D eigenvalue weighted by atomic mass is 16.4. The third-order valence-corrected chi connectivity index (χ3v) is 5.00. The number of aromatic nitrogens is 4. The highest BCUT2D eigenvalue weighted by Crippen LogP contribution is 2.23. The number of carbonyl (C=O) groups is 2. The summed E-state index contributed by atoms with van der Waals surface area (Å²) < 4.78 is 1.62. The minimum absolute atomic E-state index is 0.222. The smallest absolute Gasteiger partial charge is 0.330 e. The summed E-state index contributed by atoms with van der Waals surface area (Å²) in [6, 6.07) is 11.4. The molecule has 0 saturated carbocycles. The van der Waals surface area contributed by atoms with Crippen LogP contribution in [-0.4, -0.2) is 49.9 Å². The third kappa shape index (κ3) is 3.64. The summed E-state index contributed by atoms with van der Waals surface area (Å²) in [6.45, 7) is 1.34. The number of piperidine rings is 1. The van der Waals surface area contributed by atoms with Gasteiger partial charge in [-0.1, -0.05) is 30.3 Å². The van der Waals surface area contributed by atoms with Crippen molar-refractivity contribution in [2.45, 2.75) is 18.9 Å². The molecule has 1 amide bonds. The normalized spacial score (nSPS) is 16.1. The largest absolute Gasteiger partial charge is 0.479 e. The molecule has 2 aromatic heterocycles. The first kappa shape index (κ1) is 17.9. The topological polar surface area (TPSA) is 113 Å². The molecule has 3 aromatic rings. The van der Waals surface area contributed by atoms with Crippen LogP contribution in [0.25, 0.3) is 5.65 Å². The zero-order chi connectivity index (χ0) is 19.5. The number of nitrogens with one attached hydrogen (secondary N) is 1. The summed E-state index contributed by atoms with van der Waals surface area (Å²) in [4.78, 5) is 26.3. The summed E-state index contributed by atoms with van der Waals surface area (Å²) >= 11 is 0. The van der Waals surface area contributed by atoms with E-state index in [2.05, 4.69) is 25.5 Å². The van der Waals surface area contributed by atoms with Gasteiger partial charge < -0.3 is 15.3 Å². The Morgan fingerprint density at radius 1 is 1.11 bits per heavy atom. The van der Waals surface area contributed by atoms with Crippen LogP contribution < -0.4 is 10.2 Å². The van der Waals surface area contributed by atoms with E-state index in [0.717, 1.165) is 5.82 Å². The van der Waals surface area contributed by atoms with Crippen LogP contribution in [0.1, 0.15) is 24.4 Å². The molecule has 144 valence electrons. The first-order valence-corrected chi connectivity index (χ1v) is 9.12. The lowest BCUT2D eigenvalue weighted by atomic mass is 9.95. The highest BCUT2D eigenvalue weighted by Gasteiger charge is 2.29. The molecule has 1 aliphatic rings. The number of carbonyl (C=O) groups excluding carboxylic acids is 1. The quantitative estimate of drug-likeness (QED) is 0.686. The molecule has 1 aliphatic heterocycles. The second kappa shape index (κ2) is 7.63. The number of hydrogen-bond donors (Lipinski definition) is 2. The average Bonchev–Trinajstić information content (AvgIpc) is 3.20. The Hall–Kier alpha value is -3.49. The van der Waals surface area contributed by atoms with Crippen molar-refractivity contribution in [1.29, 1.82) is 0 Å². The van der Waals surface area contributed by atoms with Crippen molar-refractivity contribution in [1.82, 2.24) is 25.1 Å². The van der Waals surface area contributed by atoms with Crippen molar-refractivity contribution in [2.24, 2.45) is 5.92 Å². The lowest BCUT2D eigenvalue weighted by molar-refractivity contribution is -0.142. The van der Waals surface area contributed by atoms with Gasteiger partial charge in [-0.05, 0) is 30.5 Å². The lowest BCUT2D eigenvalue weighted by Crippen LogP contribution is -2.43. The minimum atomic E-state index is -1.07. The van der Waals surface area contributed by atoms with Crippen LogP contribution in [-0.2, 0) is 9.59 Å². The maximum absolute atomic E-state index is 12.6. The second-order valence-corrected chi connectivity index (χ2v) is 6.78. The van der Waals surface area contributed by atoms with Crippen molar-refractivity contribution in [2.75, 3.05) is 18.0 Å². The molecule has 28 heavy (non-hydrogen) atoms. The molecular weight excluding hydrogens is 360 g/mol. The van der Waals surface area contributed by atoms with Crippen molar-refractivity contribution in [3.05, 3.63) is 54.4 Å². The Morgan fingerprint density at radius 2 is 1.86 bits per heavy atom. The molecule has 9 nitrogen and oxygen atoms in total. The lowest BCUT2D eigenvalue weighted by Gasteiger charge is -2.32. The Bertz CT molecular complexity index is 982. The number of benzene rings is 1. The van der Waals surface area contributed by atoms with Gasteiger partial charge in [0.05, 0.1) is 0 Å². The van der Waals surface area contributed by atoms with Crippen molar-refractivity contribution in [3.8, 4) is 0 Å². The van der Waals surface area contributed by atoms with Gasteiger partial charge in [0, 0.05) is 19.0 Å². The van der Waals surface area contributed by atoms with Crippen molar-refractivity contribution >= 4 is 23.3 Å². The van der Waals surface area contributed by atoms with Crippen LogP contribution in [0, 0.1) is 5.92 Å². The number of nitrogens with zero attached hydrogens (tertiary/aromatic N) is 5. The monoisotopic (exact) mass is 380 g/mol. The van der Waals surface area contributed by atoms with Gasteiger partial charge in [-0.15, -0.1) is 15.3 Å². The van der Waals surface area contributed by atoms with Gasteiger partial charge >= 0.3 is 5.97 Å². The second-order valence-electron chi connectivity index (χ2n) is 6.78. The maximum atomic E-state index is 12.6. The van der Waals surface area contributed by atoms with Crippen LogP contribution in [0.5, 0.6) is 0 Å². The van der Waals surface area contributed by atoms with E-state index in [1.165, 1.54) is 0 Å². The first-order valence-electron chi connectivity index (χ1n) is 9.12. The van der Waals surface area contributed by atoms with Crippen molar-refractivity contribution in [3.63, 3.8) is 0 Å². The zero-order valence-electron chi connectivity index (χ0n) is 15.1. The predicted molar refractivity (Wildman–Crippen MR) is 101 cm³/mol. The van der Waals surface area contributed by atoms with Gasteiger partial charge in [0.15, 0.2) is 11.7 Å². The Labute approximate surface area is 161 Å². The van der Waals surface area contributed by atoms with Gasteiger partial charge in [-0.25, -0.2) is 4.79 Å². The molecule has 0 aliphatic carbocycles. The predicted octanol–water partition coefficient (Wildman–Crippen LogP) is 1.28. The van der Waals surface area contributed by atoms with Gasteiger partial charge in [0.25, 0.3) is 0 Å². The highest BCUT2D eigenvalue weighted by molar-refractivity contribution is 5.86. The fourth-order valence-corrected chi connectivity index (χ4v) is 3.45. The van der Waals surface area contributed by atoms with Crippen molar-refractivity contribution < 1.29 is 14.7 Å². The van der Waals surface area contributed by atoms with E-state index in [1.54, 1.807) is 35.1 Å². The van der Waals surface area contributed by atoms with E-state index in [4.69, 9.17) is 0 Å². The maximum Gasteiger partial charge on any atom is 0.330 e. The number of rotatable bonds is 5. The van der Waals surface area contributed by atoms with Gasteiger partial charge in [-0.2, -0.15) is 4.52 Å². The van der Waals surface area contributed by atoms with Crippen LogP contribution in [0.3, 0.4) is 0 Å². The number of fused-ring (bicyclic) bond motifs is 1. The summed E-state index contributed by atoms with van der Waals surface area (Å²) in [5, 5.41) is 24.4. The van der Waals surface area contributed by atoms with E-state index in [-0.39, 0.29) is 11.8 Å². The number of carboxylic acids is 1. The van der Waals surface area contributed by atoms with Gasteiger partial charge in [0.2, 0.25) is 5.91 Å². The minimum Gasteiger partial charge on any atom is -0.479 e. The summed E-state index contributed by atoms with van der Waals surface area (Å²) in [7, 11) is 0. The van der Waals surface area contributed by atoms with E-state index in [9.17, 15) is 14.7 Å². The Morgan fingerprint density at radius 3 is 2.57 bits per heavy atom. The van der Waals surface area contributed by atoms with Crippen LogP contribution in [0.2, 0.25) is 0 Å². The molecule has 1 saturated heterocycles. The fraction of sp³-hybridized carbons (Fsp3) is 0.316. The van der Waals surface area contributed by atoms with Crippen LogP contribution >= 0.6 is 0 Å². The molecule has 1 fully saturated rings. The van der Waals surface area contributed by atoms with Gasteiger partial charge in [0.1, 0.15) is 12.1 Å². The molecule has 4 rings (SSSR count). The summed E-state index contributed by atoms with van der Waals surface area (Å²) in [5.41, 5.74) is 1.24. The standard InChI is InChI=1S/C19H20N6O3/c26-18(21-17(19(27)28)13-4-2-1-3-5-13)14-8-10-24(11-9-14)16-7-6-15-22-20-12-25(15)23-16/h1-7,12,14,17H,8-11H2,(H,21,26)(H,27,28)/t17-/m1/s1. The number of aliphatic carboxylic acids is 1. The Balaban J connectivity index is 1.38. The third-order valence-electron chi connectivity index (χ3n) is 5.00. The molecule has 0 unspecified atom stereocenters. The number of carboxylic acid groups (broad SMARTS) is 1. The number of anilines is 1. The molecule has 0 bridgehead atoms. The fourth-order valence-electron chi connectivity index (χ4n) is 3.45. The molecular formula is C19H20N6O3. The van der Waals surface area contributed by atoms with Crippen LogP contribution in [0.15, 0.2) is 48.8 Å². The summed E-state index contributed by atoms with van der Waals surface area (Å²) in [5.74, 6) is -0.708. The molecule has 2 N–H and O–H groups in total. The molecule has 0 radical (unpaired) electrons. The molecule has 1 atom stereocenters. The molecule has 1 aromatic carbocycles. The molecule has 0 spiro atoms. The number of amides is 1. The number of hydrogen-bond acceptors (Lipinski definition) is 6. The SMILES string of the molecule is O=C(N[C@@H](C(=O)O)c1ccccc1)C1CCN(c2ccc3nncn3n2)CC1. The van der Waals surface area contributed by atoms with E-state index in [0.29, 0.717) is 37.1 Å².